The molecule has 6 heteroatoms. The molecule has 132 valence electrons. The van der Waals surface area contributed by atoms with Crippen LogP contribution in [0.15, 0.2) is 24.3 Å². The molecule has 1 N–H and O–H groups in total. The third kappa shape index (κ3) is 4.06. The van der Waals surface area contributed by atoms with Crippen LogP contribution in [0.2, 0.25) is 0 Å². The first-order valence-corrected chi connectivity index (χ1v) is 8.67. The quantitative estimate of drug-likeness (QED) is 0.886. The molecule has 24 heavy (non-hydrogen) atoms. The highest BCUT2D eigenvalue weighted by molar-refractivity contribution is 5.82. The molecule has 2 aliphatic heterocycles. The summed E-state index contributed by atoms with van der Waals surface area (Å²) in [5.41, 5.74) is 2.35. The Morgan fingerprint density at radius 2 is 1.96 bits per heavy atom. The maximum absolute atomic E-state index is 12.6. The SMILES string of the molecule is C[C@H]1OCCN[C@@H]1C(=O)N(C)Cc1ccc(N2CCOCC2)cc1. The van der Waals surface area contributed by atoms with Crippen LogP contribution in [0, 0.1) is 0 Å². The van der Waals surface area contributed by atoms with Gasteiger partial charge in [-0.15, -0.1) is 0 Å². The second-order valence-corrected chi connectivity index (χ2v) is 6.47. The summed E-state index contributed by atoms with van der Waals surface area (Å²) in [6.45, 7) is 7.38. The molecule has 0 bridgehead atoms. The predicted molar refractivity (Wildman–Crippen MR) is 93.2 cm³/mol. The molecule has 1 amide bonds. The van der Waals surface area contributed by atoms with Crippen molar-refractivity contribution < 1.29 is 14.3 Å². The molecule has 1 aromatic carbocycles. The van der Waals surface area contributed by atoms with Crippen LogP contribution >= 0.6 is 0 Å². The molecule has 2 atom stereocenters. The molecular weight excluding hydrogens is 306 g/mol. The van der Waals surface area contributed by atoms with E-state index in [-0.39, 0.29) is 18.1 Å². The van der Waals surface area contributed by atoms with E-state index in [1.54, 1.807) is 4.90 Å². The van der Waals surface area contributed by atoms with Crippen molar-refractivity contribution in [3.63, 3.8) is 0 Å². The number of carbonyl (C=O) groups excluding carboxylic acids is 1. The van der Waals surface area contributed by atoms with Crippen LogP contribution in [0.25, 0.3) is 0 Å². The highest BCUT2D eigenvalue weighted by Crippen LogP contribution is 2.18. The van der Waals surface area contributed by atoms with Crippen molar-refractivity contribution in [1.29, 1.82) is 0 Å². The molecule has 1 aromatic rings. The van der Waals surface area contributed by atoms with Crippen LogP contribution in [0.4, 0.5) is 5.69 Å². The molecular formula is C18H27N3O3. The summed E-state index contributed by atoms with van der Waals surface area (Å²) in [5, 5.41) is 3.25. The smallest absolute Gasteiger partial charge is 0.242 e. The Bertz CT molecular complexity index is 543. The maximum Gasteiger partial charge on any atom is 0.242 e. The van der Waals surface area contributed by atoms with Crippen molar-refractivity contribution in [2.24, 2.45) is 0 Å². The first-order chi connectivity index (χ1) is 11.6. The predicted octanol–water partition coefficient (Wildman–Crippen LogP) is 0.859. The number of rotatable bonds is 4. The molecule has 0 radical (unpaired) electrons. The number of carbonyl (C=O) groups is 1. The minimum Gasteiger partial charge on any atom is -0.378 e. The van der Waals surface area contributed by atoms with E-state index < -0.39 is 0 Å². The molecule has 0 unspecified atom stereocenters. The Labute approximate surface area is 143 Å². The number of hydrogen-bond donors (Lipinski definition) is 1. The molecule has 0 saturated carbocycles. The number of morpholine rings is 2. The zero-order valence-electron chi connectivity index (χ0n) is 14.5. The van der Waals surface area contributed by atoms with Gasteiger partial charge in [-0.25, -0.2) is 0 Å². The van der Waals surface area contributed by atoms with Gasteiger partial charge >= 0.3 is 0 Å². The molecule has 0 spiro atoms. The number of ether oxygens (including phenoxy) is 2. The zero-order valence-corrected chi connectivity index (χ0v) is 14.5. The fourth-order valence-corrected chi connectivity index (χ4v) is 3.23. The van der Waals surface area contributed by atoms with Gasteiger partial charge in [0.15, 0.2) is 0 Å². The van der Waals surface area contributed by atoms with E-state index in [4.69, 9.17) is 9.47 Å². The molecule has 2 aliphatic rings. The molecule has 2 fully saturated rings. The number of hydrogen-bond acceptors (Lipinski definition) is 5. The lowest BCUT2D eigenvalue weighted by Crippen LogP contribution is -2.55. The van der Waals surface area contributed by atoms with E-state index in [1.165, 1.54) is 5.69 Å². The van der Waals surface area contributed by atoms with E-state index >= 15 is 0 Å². The number of likely N-dealkylation sites (N-methyl/N-ethyl adjacent to an activating group) is 1. The second kappa shape index (κ2) is 7.96. The van der Waals surface area contributed by atoms with E-state index in [0.29, 0.717) is 13.2 Å². The monoisotopic (exact) mass is 333 g/mol. The largest absolute Gasteiger partial charge is 0.378 e. The zero-order chi connectivity index (χ0) is 16.9. The topological polar surface area (TPSA) is 54.0 Å². The van der Waals surface area contributed by atoms with E-state index in [0.717, 1.165) is 38.4 Å². The van der Waals surface area contributed by atoms with Crippen molar-refractivity contribution in [3.05, 3.63) is 29.8 Å². The fraction of sp³-hybridized carbons (Fsp3) is 0.611. The number of benzene rings is 1. The van der Waals surface area contributed by atoms with Gasteiger partial charge in [0, 0.05) is 38.9 Å². The van der Waals surface area contributed by atoms with Crippen LogP contribution in [0.3, 0.4) is 0 Å². The van der Waals surface area contributed by atoms with Crippen LogP contribution in [-0.2, 0) is 20.8 Å². The van der Waals surface area contributed by atoms with Crippen LogP contribution in [-0.4, -0.2) is 69.5 Å². The summed E-state index contributed by atoms with van der Waals surface area (Å²) >= 11 is 0. The van der Waals surface area contributed by atoms with E-state index in [9.17, 15) is 4.79 Å². The van der Waals surface area contributed by atoms with Crippen LogP contribution < -0.4 is 10.2 Å². The molecule has 0 aliphatic carbocycles. The summed E-state index contributed by atoms with van der Waals surface area (Å²) in [6, 6.07) is 8.20. The first-order valence-electron chi connectivity index (χ1n) is 8.67. The van der Waals surface area contributed by atoms with Gasteiger partial charge in [-0.2, -0.15) is 0 Å². The maximum atomic E-state index is 12.6. The number of nitrogens with zero attached hydrogens (tertiary/aromatic N) is 2. The average molecular weight is 333 g/mol. The summed E-state index contributed by atoms with van der Waals surface area (Å²) in [7, 11) is 1.85. The Balaban J connectivity index is 1.57. The van der Waals surface area contributed by atoms with Crippen LogP contribution in [0.1, 0.15) is 12.5 Å². The Hall–Kier alpha value is -1.63. The normalized spacial score (nSPS) is 24.7. The van der Waals surface area contributed by atoms with Gasteiger partial charge in [-0.3, -0.25) is 4.79 Å². The number of nitrogens with one attached hydrogen (secondary N) is 1. The van der Waals surface area contributed by atoms with Gasteiger partial charge in [0.05, 0.1) is 25.9 Å². The molecule has 0 aromatic heterocycles. The Kier molecular flexibility index (Phi) is 5.71. The van der Waals surface area contributed by atoms with Gasteiger partial charge in [0.2, 0.25) is 5.91 Å². The Morgan fingerprint density at radius 3 is 2.62 bits per heavy atom. The summed E-state index contributed by atoms with van der Waals surface area (Å²) in [5.74, 6) is 0.0828. The number of amides is 1. The Morgan fingerprint density at radius 1 is 1.25 bits per heavy atom. The lowest BCUT2D eigenvalue weighted by atomic mass is 10.1. The summed E-state index contributed by atoms with van der Waals surface area (Å²) in [6.07, 6.45) is -0.0857. The lowest BCUT2D eigenvalue weighted by Gasteiger charge is -2.32. The minimum atomic E-state index is -0.253. The molecule has 2 saturated heterocycles. The van der Waals surface area contributed by atoms with Gasteiger partial charge in [0.1, 0.15) is 6.04 Å². The van der Waals surface area contributed by atoms with Gasteiger partial charge in [-0.05, 0) is 24.6 Å². The van der Waals surface area contributed by atoms with Crippen molar-refractivity contribution in [2.75, 3.05) is 51.4 Å². The van der Waals surface area contributed by atoms with Gasteiger partial charge in [0.25, 0.3) is 0 Å². The third-order valence-corrected chi connectivity index (χ3v) is 4.69. The lowest BCUT2D eigenvalue weighted by molar-refractivity contribution is -0.138. The minimum absolute atomic E-state index is 0.0828. The molecule has 6 nitrogen and oxygen atoms in total. The standard InChI is InChI=1S/C18H27N3O3/c1-14-17(19-7-10-24-14)18(22)20(2)13-15-3-5-16(6-4-15)21-8-11-23-12-9-21/h3-6,14,17,19H,7-13H2,1-2H3/t14-,17+/m1/s1. The van der Waals surface area contributed by atoms with Gasteiger partial charge in [-0.1, -0.05) is 12.1 Å². The highest BCUT2D eigenvalue weighted by Gasteiger charge is 2.30. The summed E-state index contributed by atoms with van der Waals surface area (Å²) < 4.78 is 11.0. The van der Waals surface area contributed by atoms with Crippen LogP contribution in [0.5, 0.6) is 0 Å². The van der Waals surface area contributed by atoms with Crippen molar-refractivity contribution in [3.8, 4) is 0 Å². The summed E-state index contributed by atoms with van der Waals surface area (Å²) in [4.78, 5) is 16.7. The van der Waals surface area contributed by atoms with Crippen molar-refractivity contribution >= 4 is 11.6 Å². The highest BCUT2D eigenvalue weighted by atomic mass is 16.5. The van der Waals surface area contributed by atoms with E-state index in [1.807, 2.05) is 14.0 Å². The first kappa shape index (κ1) is 17.2. The van der Waals surface area contributed by atoms with Crippen molar-refractivity contribution in [1.82, 2.24) is 10.2 Å². The average Bonchev–Trinajstić information content (AvgIpc) is 2.63. The second-order valence-electron chi connectivity index (χ2n) is 6.47. The van der Waals surface area contributed by atoms with Crippen molar-refractivity contribution in [2.45, 2.75) is 25.6 Å². The van der Waals surface area contributed by atoms with Gasteiger partial charge < -0.3 is 24.6 Å². The molecule has 3 rings (SSSR count). The number of anilines is 1. The van der Waals surface area contributed by atoms with E-state index in [2.05, 4.69) is 34.5 Å². The molecule has 2 heterocycles. The fourth-order valence-electron chi connectivity index (χ4n) is 3.23. The third-order valence-electron chi connectivity index (χ3n) is 4.69.